The van der Waals surface area contributed by atoms with E-state index < -0.39 is 0 Å². The number of pyridine rings is 1. The molecule has 22 heavy (non-hydrogen) atoms. The lowest BCUT2D eigenvalue weighted by atomic mass is 10.1. The molecule has 6 heteroatoms. The second-order valence-corrected chi connectivity index (χ2v) is 5.33. The third kappa shape index (κ3) is 3.07. The predicted molar refractivity (Wildman–Crippen MR) is 81.5 cm³/mol. The number of carbonyl (C=O) groups excluding carboxylic acids is 2. The molecule has 1 aliphatic rings. The molecule has 114 valence electrons. The molecule has 2 aromatic rings. The van der Waals surface area contributed by atoms with Gasteiger partial charge in [0.15, 0.2) is 0 Å². The van der Waals surface area contributed by atoms with Crippen LogP contribution in [0.4, 0.5) is 0 Å². The first kappa shape index (κ1) is 14.5. The molecule has 0 aliphatic carbocycles. The summed E-state index contributed by atoms with van der Waals surface area (Å²) < 4.78 is 5.40. The maximum absolute atomic E-state index is 12.2. The molecule has 0 saturated carbocycles. The van der Waals surface area contributed by atoms with Crippen molar-refractivity contribution in [1.29, 1.82) is 0 Å². The van der Waals surface area contributed by atoms with Crippen LogP contribution in [-0.4, -0.2) is 54.5 Å². The Bertz CT molecular complexity index is 717. The maximum Gasteiger partial charge on any atom is 0.251 e. The Morgan fingerprint density at radius 1 is 1.45 bits per heavy atom. The van der Waals surface area contributed by atoms with Gasteiger partial charge in [-0.2, -0.15) is 0 Å². The highest BCUT2D eigenvalue weighted by atomic mass is 16.5. The molecule has 0 spiro atoms. The summed E-state index contributed by atoms with van der Waals surface area (Å²) in [4.78, 5) is 29.4. The number of benzene rings is 1. The molecule has 1 aromatic carbocycles. The van der Waals surface area contributed by atoms with Crippen LogP contribution < -0.4 is 5.32 Å². The largest absolute Gasteiger partial charge is 0.365 e. The van der Waals surface area contributed by atoms with Gasteiger partial charge in [-0.25, -0.2) is 0 Å². The zero-order valence-corrected chi connectivity index (χ0v) is 12.3. The van der Waals surface area contributed by atoms with E-state index >= 15 is 0 Å². The van der Waals surface area contributed by atoms with E-state index in [0.29, 0.717) is 18.7 Å². The van der Waals surface area contributed by atoms with Gasteiger partial charge >= 0.3 is 0 Å². The smallest absolute Gasteiger partial charge is 0.251 e. The molecule has 2 heterocycles. The number of nitrogens with one attached hydrogen (secondary N) is 1. The van der Waals surface area contributed by atoms with Gasteiger partial charge in [0.1, 0.15) is 6.61 Å². The van der Waals surface area contributed by atoms with Crippen LogP contribution in [0, 0.1) is 0 Å². The minimum absolute atomic E-state index is 0.0374. The quantitative estimate of drug-likeness (QED) is 0.911. The number of aromatic nitrogens is 1. The average molecular weight is 299 g/mol. The van der Waals surface area contributed by atoms with Crippen molar-refractivity contribution in [2.75, 3.05) is 26.7 Å². The van der Waals surface area contributed by atoms with E-state index in [-0.39, 0.29) is 24.5 Å². The summed E-state index contributed by atoms with van der Waals surface area (Å²) in [5.74, 6) is -0.196. The molecule has 1 aromatic heterocycles. The van der Waals surface area contributed by atoms with Crippen LogP contribution in [0.1, 0.15) is 10.4 Å². The Morgan fingerprint density at radius 2 is 2.32 bits per heavy atom. The van der Waals surface area contributed by atoms with Crippen LogP contribution in [0.25, 0.3) is 10.9 Å². The van der Waals surface area contributed by atoms with Crippen molar-refractivity contribution in [1.82, 2.24) is 15.2 Å². The van der Waals surface area contributed by atoms with Crippen LogP contribution in [-0.2, 0) is 9.53 Å². The van der Waals surface area contributed by atoms with Crippen molar-refractivity contribution < 1.29 is 14.3 Å². The summed E-state index contributed by atoms with van der Waals surface area (Å²) in [6, 6.07) is 9.15. The van der Waals surface area contributed by atoms with E-state index in [9.17, 15) is 9.59 Å². The van der Waals surface area contributed by atoms with Gasteiger partial charge in [-0.3, -0.25) is 14.6 Å². The summed E-state index contributed by atoms with van der Waals surface area (Å²) in [5.41, 5.74) is 1.44. The van der Waals surface area contributed by atoms with Crippen molar-refractivity contribution in [3.05, 3.63) is 42.1 Å². The van der Waals surface area contributed by atoms with Gasteiger partial charge in [0.25, 0.3) is 5.91 Å². The Balaban J connectivity index is 1.62. The molecule has 0 radical (unpaired) electrons. The summed E-state index contributed by atoms with van der Waals surface area (Å²) in [6.07, 6.45) is 1.55. The molecule has 3 rings (SSSR count). The van der Waals surface area contributed by atoms with E-state index in [1.165, 1.54) is 0 Å². The topological polar surface area (TPSA) is 71.5 Å². The number of carbonyl (C=O) groups is 2. The fourth-order valence-corrected chi connectivity index (χ4v) is 2.41. The second kappa shape index (κ2) is 6.11. The zero-order valence-electron chi connectivity index (χ0n) is 12.3. The molecule has 6 nitrogen and oxygen atoms in total. The van der Waals surface area contributed by atoms with Gasteiger partial charge in [-0.05, 0) is 24.3 Å². The number of hydrogen-bond acceptors (Lipinski definition) is 4. The highest BCUT2D eigenvalue weighted by molar-refractivity contribution is 5.97. The molecular formula is C16H17N3O3. The lowest BCUT2D eigenvalue weighted by Gasteiger charge is -2.29. The highest BCUT2D eigenvalue weighted by Crippen LogP contribution is 2.13. The second-order valence-electron chi connectivity index (χ2n) is 5.33. The molecule has 1 fully saturated rings. The fraction of sp³-hybridized carbons (Fsp3) is 0.312. The molecule has 1 aliphatic heterocycles. The standard InChI is InChI=1S/C16H17N3O3/c1-19-9-13(22-10-15(19)20)8-18-16(21)12-4-5-14-11(7-12)3-2-6-17-14/h2-7,13H,8-10H2,1H3,(H,18,21)/t13-/m0/s1. The van der Waals surface area contributed by atoms with Crippen LogP contribution in [0.5, 0.6) is 0 Å². The highest BCUT2D eigenvalue weighted by Gasteiger charge is 2.23. The summed E-state index contributed by atoms with van der Waals surface area (Å²) >= 11 is 0. The summed E-state index contributed by atoms with van der Waals surface area (Å²) in [6.45, 7) is 0.932. The van der Waals surface area contributed by atoms with Crippen LogP contribution in [0.3, 0.4) is 0 Å². The van der Waals surface area contributed by atoms with Crippen LogP contribution >= 0.6 is 0 Å². The third-order valence-electron chi connectivity index (χ3n) is 3.70. The number of rotatable bonds is 3. The van der Waals surface area contributed by atoms with Gasteiger partial charge in [0, 0.05) is 37.3 Å². The van der Waals surface area contributed by atoms with Gasteiger partial charge in [0.2, 0.25) is 5.91 Å². The summed E-state index contributed by atoms with van der Waals surface area (Å²) in [5, 5.41) is 3.77. The minimum Gasteiger partial charge on any atom is -0.365 e. The van der Waals surface area contributed by atoms with Crippen molar-refractivity contribution in [2.45, 2.75) is 6.10 Å². The van der Waals surface area contributed by atoms with Crippen molar-refractivity contribution in [3.8, 4) is 0 Å². The van der Waals surface area contributed by atoms with Crippen molar-refractivity contribution >= 4 is 22.7 Å². The molecule has 1 saturated heterocycles. The lowest BCUT2D eigenvalue weighted by Crippen LogP contribution is -2.48. The molecule has 2 amide bonds. The number of nitrogens with zero attached hydrogens (tertiary/aromatic N) is 2. The van der Waals surface area contributed by atoms with E-state index in [1.54, 1.807) is 24.2 Å². The number of morpholine rings is 1. The number of fused-ring (bicyclic) bond motifs is 1. The van der Waals surface area contributed by atoms with Gasteiger partial charge in [-0.1, -0.05) is 6.07 Å². The molecule has 1 N–H and O–H groups in total. The SMILES string of the molecule is CN1C[C@H](CNC(=O)c2ccc3ncccc3c2)OCC1=O. The summed E-state index contributed by atoms with van der Waals surface area (Å²) in [7, 11) is 1.73. The van der Waals surface area contributed by atoms with E-state index in [1.807, 2.05) is 24.3 Å². The lowest BCUT2D eigenvalue weighted by molar-refractivity contribution is -0.146. The first-order valence-electron chi connectivity index (χ1n) is 7.12. The van der Waals surface area contributed by atoms with E-state index in [4.69, 9.17) is 4.74 Å². The molecular weight excluding hydrogens is 282 g/mol. The van der Waals surface area contributed by atoms with Crippen LogP contribution in [0.15, 0.2) is 36.5 Å². The average Bonchev–Trinajstić information content (AvgIpc) is 2.55. The predicted octanol–water partition coefficient (Wildman–Crippen LogP) is 0.822. The molecule has 0 unspecified atom stereocenters. The first-order chi connectivity index (χ1) is 10.6. The third-order valence-corrected chi connectivity index (χ3v) is 3.70. The normalized spacial score (nSPS) is 18.5. The molecule has 0 bridgehead atoms. The minimum atomic E-state index is -0.172. The van der Waals surface area contributed by atoms with E-state index in [2.05, 4.69) is 10.3 Å². The Hall–Kier alpha value is -2.47. The Labute approximate surface area is 128 Å². The zero-order chi connectivity index (χ0) is 15.5. The van der Waals surface area contributed by atoms with Crippen molar-refractivity contribution in [3.63, 3.8) is 0 Å². The van der Waals surface area contributed by atoms with Crippen molar-refractivity contribution in [2.24, 2.45) is 0 Å². The number of hydrogen-bond donors (Lipinski definition) is 1. The molecule has 1 atom stereocenters. The first-order valence-corrected chi connectivity index (χ1v) is 7.12. The number of likely N-dealkylation sites (N-methyl/N-ethyl adjacent to an activating group) is 1. The Kier molecular flexibility index (Phi) is 4.02. The van der Waals surface area contributed by atoms with Gasteiger partial charge in [-0.15, -0.1) is 0 Å². The number of ether oxygens (including phenoxy) is 1. The fourth-order valence-electron chi connectivity index (χ4n) is 2.41. The van der Waals surface area contributed by atoms with E-state index in [0.717, 1.165) is 10.9 Å². The Morgan fingerprint density at radius 3 is 3.14 bits per heavy atom. The van der Waals surface area contributed by atoms with Gasteiger partial charge in [0.05, 0.1) is 11.6 Å². The number of amides is 2. The monoisotopic (exact) mass is 299 g/mol. The van der Waals surface area contributed by atoms with Crippen LogP contribution in [0.2, 0.25) is 0 Å². The maximum atomic E-state index is 12.2. The van der Waals surface area contributed by atoms with Gasteiger partial charge < -0.3 is 15.0 Å².